The van der Waals surface area contributed by atoms with Crippen LogP contribution in [-0.4, -0.2) is 18.0 Å². The van der Waals surface area contributed by atoms with Gasteiger partial charge in [-0.1, -0.05) is 51.5 Å². The molecule has 1 aromatic carbocycles. The summed E-state index contributed by atoms with van der Waals surface area (Å²) >= 11 is 0. The first kappa shape index (κ1) is 19.2. The minimum absolute atomic E-state index is 0.156. The number of rotatable bonds is 8. The molecule has 1 rings (SSSR count). The van der Waals surface area contributed by atoms with E-state index in [1.165, 1.54) is 24.0 Å². The summed E-state index contributed by atoms with van der Waals surface area (Å²) in [4.78, 5) is 22.7. The summed E-state index contributed by atoms with van der Waals surface area (Å²) in [7, 11) is 0. The lowest BCUT2D eigenvalue weighted by Crippen LogP contribution is -2.93. The van der Waals surface area contributed by atoms with E-state index in [0.29, 0.717) is 5.92 Å². The van der Waals surface area contributed by atoms with Crippen LogP contribution in [0.3, 0.4) is 0 Å². The Labute approximate surface area is 139 Å². The van der Waals surface area contributed by atoms with Gasteiger partial charge in [-0.3, -0.25) is 10.1 Å². The second-order valence-corrected chi connectivity index (χ2v) is 6.45. The van der Waals surface area contributed by atoms with Gasteiger partial charge in [-0.2, -0.15) is 0 Å². The van der Waals surface area contributed by atoms with Crippen LogP contribution in [0.15, 0.2) is 24.3 Å². The van der Waals surface area contributed by atoms with Crippen molar-refractivity contribution >= 4 is 11.9 Å². The number of carbonyl (C=O) groups is 2. The third-order valence-electron chi connectivity index (χ3n) is 4.06. The molecule has 5 N–H and O–H groups in total. The molecule has 0 saturated carbocycles. The van der Waals surface area contributed by atoms with Gasteiger partial charge in [0.1, 0.15) is 6.04 Å². The molecule has 0 saturated heterocycles. The maximum atomic E-state index is 11.9. The summed E-state index contributed by atoms with van der Waals surface area (Å²) in [6.07, 6.45) is 3.49. The number of amides is 3. The number of imide groups is 1. The van der Waals surface area contributed by atoms with Gasteiger partial charge in [0.2, 0.25) is 0 Å². The lowest BCUT2D eigenvalue weighted by Gasteiger charge is -2.23. The Kier molecular flexibility index (Phi) is 7.75. The van der Waals surface area contributed by atoms with Crippen molar-refractivity contribution in [3.63, 3.8) is 0 Å². The minimum Gasteiger partial charge on any atom is -0.351 e. The number of aryl methyl sites for hydroxylation is 1. The fourth-order valence-electron chi connectivity index (χ4n) is 2.64. The predicted molar refractivity (Wildman–Crippen MR) is 91.7 cm³/mol. The maximum absolute atomic E-state index is 11.9. The third-order valence-corrected chi connectivity index (χ3v) is 4.06. The molecule has 0 spiro atoms. The number of urea groups is 1. The quantitative estimate of drug-likeness (QED) is 0.682. The molecule has 0 fully saturated rings. The Morgan fingerprint density at radius 2 is 1.78 bits per heavy atom. The first-order valence-electron chi connectivity index (χ1n) is 8.39. The number of primary amides is 1. The summed E-state index contributed by atoms with van der Waals surface area (Å²) in [6.45, 7) is 8.23. The highest BCUT2D eigenvalue weighted by Gasteiger charge is 2.26. The van der Waals surface area contributed by atoms with E-state index in [-0.39, 0.29) is 18.0 Å². The molecule has 0 aromatic heterocycles. The number of quaternary nitrogens is 1. The van der Waals surface area contributed by atoms with Crippen molar-refractivity contribution in [1.29, 1.82) is 0 Å². The number of benzene rings is 1. The van der Waals surface area contributed by atoms with Crippen LogP contribution in [0.2, 0.25) is 0 Å². The highest BCUT2D eigenvalue weighted by Crippen LogP contribution is 2.19. The van der Waals surface area contributed by atoms with E-state index in [9.17, 15) is 9.59 Å². The fourth-order valence-corrected chi connectivity index (χ4v) is 2.64. The molecule has 23 heavy (non-hydrogen) atoms. The van der Waals surface area contributed by atoms with Crippen LogP contribution in [0.25, 0.3) is 0 Å². The number of hydrogen-bond acceptors (Lipinski definition) is 2. The highest BCUT2D eigenvalue weighted by atomic mass is 16.2. The number of hydrogen-bond donors (Lipinski definition) is 3. The molecular formula is C18H30N3O2+. The van der Waals surface area contributed by atoms with E-state index < -0.39 is 6.03 Å². The van der Waals surface area contributed by atoms with Crippen LogP contribution in [0.5, 0.6) is 0 Å². The summed E-state index contributed by atoms with van der Waals surface area (Å²) < 4.78 is 0. The molecule has 3 amide bonds. The van der Waals surface area contributed by atoms with Gasteiger partial charge in [0.15, 0.2) is 6.04 Å². The fraction of sp³-hybridized carbons (Fsp3) is 0.556. The summed E-state index contributed by atoms with van der Waals surface area (Å²) in [5, 5.41) is 4.13. The largest absolute Gasteiger partial charge is 0.351 e. The number of nitrogens with two attached hydrogens (primary N) is 2. The molecular weight excluding hydrogens is 290 g/mol. The average Bonchev–Trinajstić information content (AvgIpc) is 2.50. The molecule has 0 radical (unpaired) electrons. The number of carbonyl (C=O) groups excluding carboxylic acids is 2. The van der Waals surface area contributed by atoms with E-state index in [0.717, 1.165) is 6.42 Å². The average molecular weight is 320 g/mol. The molecule has 1 aromatic rings. The Morgan fingerprint density at radius 3 is 2.26 bits per heavy atom. The lowest BCUT2D eigenvalue weighted by atomic mass is 9.94. The van der Waals surface area contributed by atoms with E-state index in [1.807, 2.05) is 5.32 Å². The normalized spacial score (nSPS) is 13.6. The zero-order valence-electron chi connectivity index (χ0n) is 14.6. The molecule has 2 atom stereocenters. The van der Waals surface area contributed by atoms with Gasteiger partial charge in [0.05, 0.1) is 0 Å². The summed E-state index contributed by atoms with van der Waals surface area (Å²) in [6, 6.07) is 7.59. The topological polar surface area (TPSA) is 88.8 Å². The molecule has 128 valence electrons. The summed E-state index contributed by atoms with van der Waals surface area (Å²) in [5.41, 5.74) is 7.54. The van der Waals surface area contributed by atoms with Crippen molar-refractivity contribution in [3.05, 3.63) is 35.4 Å². The van der Waals surface area contributed by atoms with E-state index in [2.05, 4.69) is 50.4 Å². The molecule has 0 aliphatic heterocycles. The van der Waals surface area contributed by atoms with E-state index in [1.54, 1.807) is 6.92 Å². The maximum Gasteiger partial charge on any atom is 0.319 e. The lowest BCUT2D eigenvalue weighted by molar-refractivity contribution is -0.719. The van der Waals surface area contributed by atoms with Crippen molar-refractivity contribution < 1.29 is 14.9 Å². The van der Waals surface area contributed by atoms with Crippen LogP contribution in [-0.2, 0) is 11.2 Å². The summed E-state index contributed by atoms with van der Waals surface area (Å²) in [5.74, 6) is 0.00281. The Hall–Kier alpha value is -1.88. The second-order valence-electron chi connectivity index (χ2n) is 6.45. The number of unbranched alkanes of at least 4 members (excludes halogenated alkanes) is 1. The van der Waals surface area contributed by atoms with Gasteiger partial charge in [0, 0.05) is 11.5 Å². The predicted octanol–water partition coefficient (Wildman–Crippen LogP) is 1.87. The first-order chi connectivity index (χ1) is 10.8. The molecule has 0 aliphatic rings. The standard InChI is InChI=1S/C18H29N3O2/c1-5-6-7-14-8-10-15(11-9-14)16(12(2)3)20-13(4)17(22)21-18(19)23/h8-13,16,20H,5-7H2,1-4H3,(H3,19,21,22,23)/p+1/t13-,16-/m0/s1. The van der Waals surface area contributed by atoms with Crippen LogP contribution < -0.4 is 16.4 Å². The van der Waals surface area contributed by atoms with Crippen molar-refractivity contribution in [2.24, 2.45) is 11.7 Å². The Bertz CT molecular complexity index is 512. The third kappa shape index (κ3) is 6.40. The van der Waals surface area contributed by atoms with Crippen LogP contribution in [0, 0.1) is 5.92 Å². The van der Waals surface area contributed by atoms with Crippen LogP contribution in [0.1, 0.15) is 57.7 Å². The molecule has 0 bridgehead atoms. The first-order valence-corrected chi connectivity index (χ1v) is 8.39. The van der Waals surface area contributed by atoms with Gasteiger partial charge < -0.3 is 11.1 Å². The van der Waals surface area contributed by atoms with Gasteiger partial charge >= 0.3 is 6.03 Å². The van der Waals surface area contributed by atoms with E-state index in [4.69, 9.17) is 5.73 Å². The molecule has 5 heteroatoms. The zero-order valence-corrected chi connectivity index (χ0v) is 14.6. The van der Waals surface area contributed by atoms with Crippen molar-refractivity contribution in [2.75, 3.05) is 0 Å². The van der Waals surface area contributed by atoms with Crippen molar-refractivity contribution in [2.45, 2.75) is 59.0 Å². The number of nitrogens with one attached hydrogen (secondary N) is 1. The minimum atomic E-state index is -0.809. The van der Waals surface area contributed by atoms with Gasteiger partial charge in [-0.15, -0.1) is 0 Å². The second kappa shape index (κ2) is 9.30. The molecule has 0 heterocycles. The van der Waals surface area contributed by atoms with Crippen LogP contribution >= 0.6 is 0 Å². The van der Waals surface area contributed by atoms with Crippen molar-refractivity contribution in [1.82, 2.24) is 5.32 Å². The smallest absolute Gasteiger partial charge is 0.319 e. The van der Waals surface area contributed by atoms with Gasteiger partial charge in [-0.05, 0) is 25.3 Å². The highest BCUT2D eigenvalue weighted by molar-refractivity contribution is 5.95. The Balaban J connectivity index is 2.78. The van der Waals surface area contributed by atoms with Crippen molar-refractivity contribution in [3.8, 4) is 0 Å². The van der Waals surface area contributed by atoms with Gasteiger partial charge in [-0.25, -0.2) is 4.79 Å². The molecule has 0 unspecified atom stereocenters. The molecule has 0 aliphatic carbocycles. The van der Waals surface area contributed by atoms with E-state index >= 15 is 0 Å². The van der Waals surface area contributed by atoms with Crippen LogP contribution in [0.4, 0.5) is 4.79 Å². The zero-order chi connectivity index (χ0) is 17.4. The van der Waals surface area contributed by atoms with Gasteiger partial charge in [0.25, 0.3) is 5.91 Å². The molecule has 5 nitrogen and oxygen atoms in total. The monoisotopic (exact) mass is 320 g/mol. The Morgan fingerprint density at radius 1 is 1.17 bits per heavy atom. The SMILES string of the molecule is CCCCc1ccc([C@@H]([NH2+][C@@H](C)C(=O)NC(N)=O)C(C)C)cc1.